The lowest BCUT2D eigenvalue weighted by Crippen LogP contribution is -2.30. The molecular formula is C21H23NO5. The summed E-state index contributed by atoms with van der Waals surface area (Å²) in [6.45, 7) is 1.85. The monoisotopic (exact) mass is 369 g/mol. The molecule has 0 saturated carbocycles. The lowest BCUT2D eigenvalue weighted by molar-refractivity contribution is 0.0734. The number of carbonyl (C=O) groups excluding carboxylic acids is 1. The Hall–Kier alpha value is -2.89. The van der Waals surface area contributed by atoms with Crippen LogP contribution in [0.25, 0.3) is 0 Å². The van der Waals surface area contributed by atoms with Crippen LogP contribution in [0.15, 0.2) is 36.4 Å². The molecule has 4 rings (SSSR count). The highest BCUT2D eigenvalue weighted by Gasteiger charge is 2.31. The van der Waals surface area contributed by atoms with Gasteiger partial charge >= 0.3 is 0 Å². The van der Waals surface area contributed by atoms with Gasteiger partial charge in [0.15, 0.2) is 23.0 Å². The summed E-state index contributed by atoms with van der Waals surface area (Å²) in [6.07, 6.45) is 1.90. The highest BCUT2D eigenvalue weighted by atomic mass is 16.6. The number of hydrogen-bond donors (Lipinski definition) is 0. The zero-order valence-corrected chi connectivity index (χ0v) is 15.6. The molecule has 6 nitrogen and oxygen atoms in total. The summed E-state index contributed by atoms with van der Waals surface area (Å²) in [7, 11) is 3.15. The number of carbonyl (C=O) groups is 1. The molecule has 2 aromatic rings. The molecule has 0 N–H and O–H groups in total. The van der Waals surface area contributed by atoms with Crippen LogP contribution in [0.5, 0.6) is 23.0 Å². The van der Waals surface area contributed by atoms with Crippen LogP contribution in [0.3, 0.4) is 0 Å². The molecule has 6 heteroatoms. The van der Waals surface area contributed by atoms with Crippen LogP contribution < -0.4 is 18.9 Å². The third-order valence-corrected chi connectivity index (χ3v) is 5.10. The fraction of sp³-hybridized carbons (Fsp3) is 0.381. The van der Waals surface area contributed by atoms with E-state index in [1.54, 1.807) is 32.4 Å². The van der Waals surface area contributed by atoms with E-state index >= 15 is 0 Å². The van der Waals surface area contributed by atoms with Crippen LogP contribution in [-0.4, -0.2) is 44.8 Å². The molecule has 1 saturated heterocycles. The molecule has 0 spiro atoms. The summed E-state index contributed by atoms with van der Waals surface area (Å²) in [6, 6.07) is 11.3. The van der Waals surface area contributed by atoms with Crippen molar-refractivity contribution in [3.05, 3.63) is 47.5 Å². The van der Waals surface area contributed by atoms with Gasteiger partial charge in [0, 0.05) is 12.1 Å². The molecule has 0 bridgehead atoms. The molecule has 1 amide bonds. The second-order valence-corrected chi connectivity index (χ2v) is 6.63. The number of nitrogens with zero attached hydrogens (tertiary/aromatic N) is 1. The highest BCUT2D eigenvalue weighted by molar-refractivity contribution is 5.95. The van der Waals surface area contributed by atoms with Gasteiger partial charge in [0.05, 0.1) is 20.3 Å². The Labute approximate surface area is 158 Å². The summed E-state index contributed by atoms with van der Waals surface area (Å²) in [5.74, 6) is 2.68. The molecule has 0 aromatic heterocycles. The van der Waals surface area contributed by atoms with E-state index in [2.05, 4.69) is 0 Å². The summed E-state index contributed by atoms with van der Waals surface area (Å²) in [4.78, 5) is 15.1. The van der Waals surface area contributed by atoms with E-state index in [-0.39, 0.29) is 11.9 Å². The van der Waals surface area contributed by atoms with Gasteiger partial charge in [0.2, 0.25) is 0 Å². The number of hydrogen-bond acceptors (Lipinski definition) is 5. The number of fused-ring (bicyclic) bond motifs is 1. The van der Waals surface area contributed by atoms with E-state index in [9.17, 15) is 4.79 Å². The standard InChI is InChI=1S/C21H23NO5/c1-24-17-7-6-15(13-19(17)25-2)21(23)22-9-3-4-16(22)14-5-8-18-20(12-14)27-11-10-26-18/h5-8,12-13,16H,3-4,9-11H2,1-2H3/t16-/m0/s1. The Morgan fingerprint density at radius 2 is 1.78 bits per heavy atom. The maximum Gasteiger partial charge on any atom is 0.254 e. The van der Waals surface area contributed by atoms with E-state index in [4.69, 9.17) is 18.9 Å². The van der Waals surface area contributed by atoms with Crippen molar-refractivity contribution in [2.75, 3.05) is 34.0 Å². The minimum absolute atomic E-state index is 0.00616. The largest absolute Gasteiger partial charge is 0.493 e. The summed E-state index contributed by atoms with van der Waals surface area (Å²) in [5.41, 5.74) is 1.67. The molecule has 2 aliphatic rings. The smallest absolute Gasteiger partial charge is 0.254 e. The molecule has 0 radical (unpaired) electrons. The number of methoxy groups -OCH3 is 2. The maximum atomic E-state index is 13.2. The second kappa shape index (κ2) is 7.39. The normalized spacial score (nSPS) is 18.3. The fourth-order valence-electron chi connectivity index (χ4n) is 3.76. The van der Waals surface area contributed by atoms with Crippen molar-refractivity contribution < 1.29 is 23.7 Å². The first-order chi connectivity index (χ1) is 13.2. The van der Waals surface area contributed by atoms with Crippen LogP contribution >= 0.6 is 0 Å². The quantitative estimate of drug-likeness (QED) is 0.826. The third kappa shape index (κ3) is 3.27. The van der Waals surface area contributed by atoms with Gasteiger partial charge in [0.1, 0.15) is 13.2 Å². The van der Waals surface area contributed by atoms with E-state index in [0.717, 1.165) is 36.4 Å². The van der Waals surface area contributed by atoms with Gasteiger partial charge in [-0.25, -0.2) is 0 Å². The average molecular weight is 369 g/mol. The van der Waals surface area contributed by atoms with Crippen LogP contribution in [0.1, 0.15) is 34.8 Å². The number of amides is 1. The molecular weight excluding hydrogens is 346 g/mol. The van der Waals surface area contributed by atoms with Gasteiger partial charge in [0.25, 0.3) is 5.91 Å². The van der Waals surface area contributed by atoms with E-state index in [1.165, 1.54) is 0 Å². The Bertz CT molecular complexity index is 850. The Morgan fingerprint density at radius 1 is 1.00 bits per heavy atom. The third-order valence-electron chi connectivity index (χ3n) is 5.10. The summed E-state index contributed by atoms with van der Waals surface area (Å²) < 4.78 is 21.9. The van der Waals surface area contributed by atoms with Crippen molar-refractivity contribution in [2.24, 2.45) is 0 Å². The van der Waals surface area contributed by atoms with E-state index in [0.29, 0.717) is 30.3 Å². The minimum atomic E-state index is -0.00616. The van der Waals surface area contributed by atoms with Crippen molar-refractivity contribution in [3.8, 4) is 23.0 Å². The minimum Gasteiger partial charge on any atom is -0.493 e. The van der Waals surface area contributed by atoms with Gasteiger partial charge in [-0.1, -0.05) is 6.07 Å². The van der Waals surface area contributed by atoms with Gasteiger partial charge in [-0.2, -0.15) is 0 Å². The Balaban J connectivity index is 1.60. The molecule has 1 fully saturated rings. The van der Waals surface area contributed by atoms with Crippen LogP contribution in [-0.2, 0) is 0 Å². The first-order valence-electron chi connectivity index (χ1n) is 9.14. The van der Waals surface area contributed by atoms with Crippen molar-refractivity contribution >= 4 is 5.91 Å². The van der Waals surface area contributed by atoms with Gasteiger partial charge in [-0.3, -0.25) is 4.79 Å². The van der Waals surface area contributed by atoms with Gasteiger partial charge < -0.3 is 23.8 Å². The van der Waals surface area contributed by atoms with E-state index < -0.39 is 0 Å². The zero-order valence-electron chi connectivity index (χ0n) is 15.6. The van der Waals surface area contributed by atoms with Gasteiger partial charge in [-0.05, 0) is 48.7 Å². The molecule has 0 unspecified atom stereocenters. The maximum absolute atomic E-state index is 13.2. The van der Waals surface area contributed by atoms with E-state index in [1.807, 2.05) is 23.1 Å². The topological polar surface area (TPSA) is 57.2 Å². The Kier molecular flexibility index (Phi) is 4.79. The first kappa shape index (κ1) is 17.5. The van der Waals surface area contributed by atoms with Crippen molar-refractivity contribution in [2.45, 2.75) is 18.9 Å². The molecule has 142 valence electrons. The summed E-state index contributed by atoms with van der Waals surface area (Å²) >= 11 is 0. The first-order valence-corrected chi connectivity index (χ1v) is 9.14. The molecule has 2 heterocycles. The lowest BCUT2D eigenvalue weighted by Gasteiger charge is -2.27. The summed E-state index contributed by atoms with van der Waals surface area (Å²) in [5, 5.41) is 0. The predicted molar refractivity (Wildman–Crippen MR) is 100.0 cm³/mol. The molecule has 1 atom stereocenters. The van der Waals surface area contributed by atoms with Crippen LogP contribution in [0.2, 0.25) is 0 Å². The fourth-order valence-corrected chi connectivity index (χ4v) is 3.76. The predicted octanol–water partition coefficient (Wildman–Crippen LogP) is 3.45. The van der Waals surface area contributed by atoms with Crippen LogP contribution in [0.4, 0.5) is 0 Å². The second-order valence-electron chi connectivity index (χ2n) is 6.63. The number of benzene rings is 2. The molecule has 2 aromatic carbocycles. The van der Waals surface area contributed by atoms with Crippen molar-refractivity contribution in [3.63, 3.8) is 0 Å². The molecule has 0 aliphatic carbocycles. The van der Waals surface area contributed by atoms with Crippen molar-refractivity contribution in [1.82, 2.24) is 4.90 Å². The number of rotatable bonds is 4. The van der Waals surface area contributed by atoms with Crippen LogP contribution in [0, 0.1) is 0 Å². The lowest BCUT2D eigenvalue weighted by atomic mass is 10.0. The molecule has 27 heavy (non-hydrogen) atoms. The highest BCUT2D eigenvalue weighted by Crippen LogP contribution is 2.39. The molecule has 2 aliphatic heterocycles. The Morgan fingerprint density at radius 3 is 2.56 bits per heavy atom. The zero-order chi connectivity index (χ0) is 18.8. The SMILES string of the molecule is COc1ccc(C(=O)N2CCC[C@H]2c2ccc3c(c2)OCCO3)cc1OC. The van der Waals surface area contributed by atoms with Crippen molar-refractivity contribution in [1.29, 1.82) is 0 Å². The number of likely N-dealkylation sites (tertiary alicyclic amines) is 1. The average Bonchev–Trinajstić information content (AvgIpc) is 3.22. The van der Waals surface area contributed by atoms with Gasteiger partial charge in [-0.15, -0.1) is 0 Å². The number of ether oxygens (including phenoxy) is 4.